The molecule has 0 radical (unpaired) electrons. The van der Waals surface area contributed by atoms with Gasteiger partial charge in [0.1, 0.15) is 30.0 Å². The van der Waals surface area contributed by atoms with E-state index in [2.05, 4.69) is 125 Å². The van der Waals surface area contributed by atoms with Crippen LogP contribution in [0.1, 0.15) is 143 Å². The number of carbonyl (C=O) groups excluding carboxylic acids is 3. The summed E-state index contributed by atoms with van der Waals surface area (Å²) in [6.07, 6.45) is 11.8. The first-order chi connectivity index (χ1) is 68.9. The van der Waals surface area contributed by atoms with Gasteiger partial charge in [0.05, 0.1) is 102 Å². The van der Waals surface area contributed by atoms with E-state index in [9.17, 15) is 27.6 Å². The van der Waals surface area contributed by atoms with Gasteiger partial charge in [-0.2, -0.15) is 26.3 Å². The van der Waals surface area contributed by atoms with Gasteiger partial charge in [0.15, 0.2) is 0 Å². The fraction of sp³-hybridized carbons (Fsp3) is 0.268. The lowest BCUT2D eigenvalue weighted by Crippen LogP contribution is -2.39. The van der Waals surface area contributed by atoms with Crippen molar-refractivity contribution in [3.05, 3.63) is 337 Å². The molecule has 6 atom stereocenters. The highest BCUT2D eigenvalue weighted by Crippen LogP contribution is 2.38. The first-order valence-electron chi connectivity index (χ1n) is 46.8. The molecule has 31 heteroatoms. The van der Waals surface area contributed by atoms with Gasteiger partial charge in [-0.15, -0.1) is 0 Å². The number of hydrogen-bond donors (Lipinski definition) is 8. The van der Waals surface area contributed by atoms with Crippen LogP contribution in [0.15, 0.2) is 282 Å². The number of benzene rings is 12. The Balaban J connectivity index is 0.000000191. The summed E-state index contributed by atoms with van der Waals surface area (Å²) in [7, 11) is -2.51. The number of aliphatic carboxylic acids is 1. The number of carbonyl (C=O) groups is 4. The van der Waals surface area contributed by atoms with Crippen LogP contribution in [-0.2, 0) is 33.9 Å². The second kappa shape index (κ2) is 55.0. The number of sulfonamides is 1. The molecule has 6 aliphatic heterocycles. The molecule has 143 heavy (non-hydrogen) atoms. The number of halogens is 5. The van der Waals surface area contributed by atoms with Gasteiger partial charge in [0.2, 0.25) is 21.8 Å². The van der Waals surface area contributed by atoms with Crippen molar-refractivity contribution >= 4 is 136 Å². The predicted octanol–water partition coefficient (Wildman–Crippen LogP) is 23.0. The third-order valence-electron chi connectivity index (χ3n) is 24.8. The van der Waals surface area contributed by atoms with Crippen LogP contribution in [0.5, 0.6) is 0 Å². The van der Waals surface area contributed by atoms with Gasteiger partial charge in [-0.1, -0.05) is 186 Å². The van der Waals surface area contributed by atoms with Crippen molar-refractivity contribution in [3.63, 3.8) is 0 Å². The van der Waals surface area contributed by atoms with E-state index in [4.69, 9.17) is 97.7 Å². The largest absolute Gasteiger partial charge is 0.480 e. The van der Waals surface area contributed by atoms with Gasteiger partial charge < -0.3 is 61.8 Å². The lowest BCUT2D eigenvalue weighted by molar-refractivity contribution is -0.142. The number of nitrogens with two attached hydrogens (primary N) is 3. The van der Waals surface area contributed by atoms with Crippen LogP contribution in [0.25, 0.3) is 33.4 Å². The van der Waals surface area contributed by atoms with E-state index >= 15 is 0 Å². The number of aryl methyl sites for hydroxylation is 2. The highest BCUT2D eigenvalue weighted by atomic mass is 79.9. The maximum Gasteiger partial charge on any atom is 0.328 e. The number of nitrogen functional groups attached to an aromatic ring is 2. The Morgan fingerprint density at radius 1 is 0.469 bits per heavy atom. The van der Waals surface area contributed by atoms with Crippen LogP contribution in [0, 0.1) is 75.9 Å². The molecular formula is C112H118BrCl3FN17O8S. The molecule has 11 N–H and O–H groups in total. The number of amidine groups is 1. The zero-order valence-electron chi connectivity index (χ0n) is 80.5. The number of carboxylic acids is 1. The van der Waals surface area contributed by atoms with E-state index in [-0.39, 0.29) is 53.0 Å². The molecule has 6 aliphatic rings. The number of hydrogen-bond acceptors (Lipinski definition) is 20. The van der Waals surface area contributed by atoms with Gasteiger partial charge in [-0.25, -0.2) is 23.1 Å². The number of ether oxygens (including phenoxy) is 1. The zero-order chi connectivity index (χ0) is 103. The minimum absolute atomic E-state index is 0. The minimum atomic E-state index is -3.92. The predicted molar refractivity (Wildman–Crippen MR) is 577 cm³/mol. The molecule has 6 heterocycles. The van der Waals surface area contributed by atoms with Crippen LogP contribution in [0.3, 0.4) is 0 Å². The maximum absolute atomic E-state index is 13.1. The van der Waals surface area contributed by atoms with Crippen LogP contribution in [-0.4, -0.2) is 127 Å². The number of rotatable bonds is 16. The molecule has 2 amide bonds. The smallest absolute Gasteiger partial charge is 0.328 e. The molecule has 0 aromatic heterocycles. The first kappa shape index (κ1) is 110. The summed E-state index contributed by atoms with van der Waals surface area (Å²) in [5.74, 6) is -1.31. The second-order valence-electron chi connectivity index (χ2n) is 34.5. The average Bonchev–Trinajstić information content (AvgIpc) is 0.991. The fourth-order valence-corrected chi connectivity index (χ4v) is 19.3. The Bertz CT molecular complexity index is 6790. The van der Waals surface area contributed by atoms with E-state index in [1.807, 2.05) is 160 Å². The molecule has 6 fully saturated rings. The first-order valence-corrected chi connectivity index (χ1v) is 49.9. The summed E-state index contributed by atoms with van der Waals surface area (Å²) in [4.78, 5) is 59.1. The lowest BCUT2D eigenvalue weighted by atomic mass is 10.0. The molecule has 6 saturated heterocycles. The Kier molecular flexibility index (Phi) is 42.4. The molecule has 2 unspecified atom stereocenters. The van der Waals surface area contributed by atoms with E-state index < -0.39 is 28.1 Å². The van der Waals surface area contributed by atoms with Crippen molar-refractivity contribution < 1.29 is 42.2 Å². The topological polar surface area (TPSA) is 405 Å². The molecule has 18 rings (SSSR count). The molecule has 0 aliphatic carbocycles. The number of nitrogens with one attached hydrogen (secondary N) is 4. The van der Waals surface area contributed by atoms with Gasteiger partial charge in [-0.05, 0) is 296 Å². The minimum Gasteiger partial charge on any atom is -0.480 e. The summed E-state index contributed by atoms with van der Waals surface area (Å²) in [5, 5.41) is 76.7. The summed E-state index contributed by atoms with van der Waals surface area (Å²) in [5.41, 5.74) is 29.2. The summed E-state index contributed by atoms with van der Waals surface area (Å²) >= 11 is 22.2. The van der Waals surface area contributed by atoms with Crippen LogP contribution >= 0.6 is 50.7 Å². The maximum atomic E-state index is 13.1. The lowest BCUT2D eigenvalue weighted by Gasteiger charge is -2.26. The third-order valence-corrected chi connectivity index (χ3v) is 27.2. The SMILES string of the molecule is C.COC(=O)[C@@H]1CCCN1c1cccc(C#N)c1.C[C@@H]1CCCN1.C[C@@H]1CCCN1c1cccc(C#N)c1.Cc1ccccc1-c1ccc(N)c(Cl)c1.Cc1ccccc1-c1ccc(NC(=O)C2CCCN2c2cccc(C#N)c2)c(Cl)c1.N#Cc1cccc(Br)c1.N#Cc1cccc(N2CCC[C@H]2C(=O)O)c1.N=C(N)c1cccc(N2CCCC2C(=O)Nc2ccc(-c3ccccc3S(N)(=O)=O)cc2Cl)c1.[3H]F. The number of amides is 2. The fourth-order valence-electron chi connectivity index (χ4n) is 17.5. The van der Waals surface area contributed by atoms with Crippen molar-refractivity contribution in [3.8, 4) is 63.7 Å². The van der Waals surface area contributed by atoms with Gasteiger partial charge in [0, 0.05) is 88.8 Å². The standard InChI is InChI=1S/C25H22ClN3O.C24H24ClN5O3S.C13H12ClN.C13H14N2O2.C12H12N2O2.C12H14N2.C7H4BrN.C5H11N.CH4.FH/c1-17-6-2-3-9-21(17)19-11-12-23(22(26)15-19)28-25(30)24-10-5-13-29(24)20-8-4-7-18(14-20)16-27;25-19-14-15(18-7-1-2-9-22(18)34(28,32)33)10-11-20(19)29-24(31)21-8-4-12-30(21)17-6-3-5-16(13-17)23(26)27;1-9-4-2-3-5-11(9)10-6-7-13(15)12(14)8-10;1-17-13(16)12-6-3-7-15(12)11-5-2-4-10(8-11)9-14;13-8-9-3-1-4-10(7-9)14-6-2-5-11(14)12(15)16;1-10-4-3-7-14(10)12-6-2-5-11(8-12)9-13;8-7-3-1-2-6(4-7)5-9;1-5-3-2-4-6-5;;/h2-4,6-9,11-12,14-15,24H,5,10,13H2,1H3,(H,28,30);1-3,5-7,9-11,13-14,21H,4,8,12H2,(H3,26,27)(H,29,31)(H2,28,32,33);2-8H,15H2,1H3;2,4-5,8,12H,3,6-7H2,1H3;1,3-4,7,11H,2,5-6H2,(H,15,16);2,5-6,8,10H,3-4,7H2,1H3;1-4H;5-6H,2-4H2,1H3;1H4;1H/t;;;12-;11-;10-;;5-;;/m...001.1../s1/i/hT. The van der Waals surface area contributed by atoms with E-state index in [0.717, 1.165) is 120 Å². The Labute approximate surface area is 862 Å². The Morgan fingerprint density at radius 2 is 0.832 bits per heavy atom. The summed E-state index contributed by atoms with van der Waals surface area (Å²) < 4.78 is 42.6. The number of nitriles is 5. The number of esters is 1. The van der Waals surface area contributed by atoms with E-state index in [1.165, 1.54) is 67.8 Å². The van der Waals surface area contributed by atoms with Crippen molar-refractivity contribution in [1.29, 1.82) is 33.2 Å². The molecule has 12 aromatic rings. The monoisotopic (exact) mass is 2070 g/mol. The van der Waals surface area contributed by atoms with E-state index in [0.29, 0.717) is 91.5 Å². The van der Waals surface area contributed by atoms with Gasteiger partial charge >= 0.3 is 11.9 Å². The molecule has 740 valence electrons. The molecule has 0 spiro atoms. The van der Waals surface area contributed by atoms with Crippen LogP contribution < -0.4 is 57.1 Å². The summed E-state index contributed by atoms with van der Waals surface area (Å²) in [6, 6.07) is 93.9. The number of nitrogens with zero attached hydrogens (tertiary/aromatic N) is 10. The normalized spacial score (nSPS) is 16.6. The summed E-state index contributed by atoms with van der Waals surface area (Å²) in [6.45, 7) is 14.0. The second-order valence-corrected chi connectivity index (χ2v) is 38.1. The van der Waals surface area contributed by atoms with Crippen molar-refractivity contribution in [2.24, 2.45) is 10.9 Å². The van der Waals surface area contributed by atoms with Gasteiger partial charge in [-0.3, -0.25) is 19.7 Å². The molecule has 0 bridgehead atoms. The van der Waals surface area contributed by atoms with Crippen LogP contribution in [0.4, 0.5) is 50.2 Å². The highest BCUT2D eigenvalue weighted by Gasteiger charge is 2.36. The van der Waals surface area contributed by atoms with Crippen molar-refractivity contribution in [2.75, 3.05) is 87.2 Å². The van der Waals surface area contributed by atoms with E-state index in [1.54, 1.807) is 97.1 Å². The number of methoxy groups -OCH3 is 1. The van der Waals surface area contributed by atoms with Crippen molar-refractivity contribution in [1.82, 2.24) is 5.32 Å². The highest BCUT2D eigenvalue weighted by molar-refractivity contribution is 9.10. The molecule has 12 aromatic carbocycles. The zero-order valence-corrected chi connectivity index (χ0v) is 84.2. The Hall–Kier alpha value is -14.6. The van der Waals surface area contributed by atoms with Gasteiger partial charge in [0.25, 0.3) is 1.45 Å². The molecule has 25 nitrogen and oxygen atoms in total. The molecular weight excluding hydrogens is 1950 g/mol. The number of primary sulfonamides is 1. The third kappa shape index (κ3) is 31.4. The number of anilines is 8. The quantitative estimate of drug-likeness (QED) is 0.0193. The van der Waals surface area contributed by atoms with Crippen molar-refractivity contribution in [2.45, 2.75) is 153 Å². The number of carboxylic acid groups (broad SMARTS) is 1. The Morgan fingerprint density at radius 3 is 1.20 bits per heavy atom. The van der Waals surface area contributed by atoms with Crippen LogP contribution in [0.2, 0.25) is 15.1 Å². The molecule has 0 saturated carbocycles. The average molecular weight is 2070 g/mol.